The SMILES string of the molecule is Cc1cccc(C)c1-c1cc(OC[C@H](N)CC(C)(C)C(F)(F)F)nc(NS(=O)(=O)c2cccc(C(=O)O)c2)n1. The van der Waals surface area contributed by atoms with Crippen LogP contribution in [0, 0.1) is 19.3 Å². The molecular formula is C26H29F3N4O5S. The van der Waals surface area contributed by atoms with Crippen LogP contribution in [0.3, 0.4) is 0 Å². The molecule has 210 valence electrons. The number of halogens is 3. The van der Waals surface area contributed by atoms with Gasteiger partial charge in [-0.05, 0) is 49.6 Å². The second-order valence-electron chi connectivity index (χ2n) is 9.78. The van der Waals surface area contributed by atoms with E-state index in [0.717, 1.165) is 31.0 Å². The first-order valence-electron chi connectivity index (χ1n) is 11.8. The van der Waals surface area contributed by atoms with Crippen molar-refractivity contribution in [2.24, 2.45) is 11.1 Å². The van der Waals surface area contributed by atoms with E-state index < -0.39 is 40.0 Å². The highest BCUT2D eigenvalue weighted by Crippen LogP contribution is 2.41. The maximum atomic E-state index is 13.3. The molecule has 0 spiro atoms. The molecule has 2 aromatic carbocycles. The summed E-state index contributed by atoms with van der Waals surface area (Å²) in [4.78, 5) is 19.4. The molecule has 0 bridgehead atoms. The van der Waals surface area contributed by atoms with E-state index in [9.17, 15) is 31.5 Å². The van der Waals surface area contributed by atoms with E-state index in [1.165, 1.54) is 24.3 Å². The summed E-state index contributed by atoms with van der Waals surface area (Å²) in [5.41, 5.74) is 6.28. The van der Waals surface area contributed by atoms with Crippen molar-refractivity contribution in [1.29, 1.82) is 0 Å². The Labute approximate surface area is 224 Å². The Morgan fingerprint density at radius 2 is 1.69 bits per heavy atom. The first-order valence-corrected chi connectivity index (χ1v) is 13.3. The lowest BCUT2D eigenvalue weighted by Gasteiger charge is -2.30. The molecule has 1 heterocycles. The van der Waals surface area contributed by atoms with Crippen LogP contribution in [0.1, 0.15) is 41.8 Å². The van der Waals surface area contributed by atoms with Crippen molar-refractivity contribution in [2.45, 2.75) is 51.2 Å². The van der Waals surface area contributed by atoms with Crippen LogP contribution in [-0.2, 0) is 10.0 Å². The molecule has 0 aliphatic heterocycles. The number of sulfonamides is 1. The number of rotatable bonds is 10. The largest absolute Gasteiger partial charge is 0.478 e. The third kappa shape index (κ3) is 7.24. The number of anilines is 1. The topological polar surface area (TPSA) is 144 Å². The van der Waals surface area contributed by atoms with Gasteiger partial charge in [0.1, 0.15) is 6.61 Å². The van der Waals surface area contributed by atoms with Crippen LogP contribution < -0.4 is 15.2 Å². The highest BCUT2D eigenvalue weighted by molar-refractivity contribution is 7.92. The maximum absolute atomic E-state index is 13.3. The summed E-state index contributed by atoms with van der Waals surface area (Å²) < 4.78 is 73.8. The molecule has 39 heavy (non-hydrogen) atoms. The van der Waals surface area contributed by atoms with Gasteiger partial charge in [0.15, 0.2) is 0 Å². The summed E-state index contributed by atoms with van der Waals surface area (Å²) in [6.45, 7) is 5.43. The van der Waals surface area contributed by atoms with E-state index in [-0.39, 0.29) is 28.9 Å². The van der Waals surface area contributed by atoms with Crippen molar-refractivity contribution >= 4 is 21.9 Å². The number of nitrogens with one attached hydrogen (secondary N) is 1. The summed E-state index contributed by atoms with van der Waals surface area (Å²) >= 11 is 0. The molecule has 3 aromatic rings. The molecule has 3 rings (SSSR count). The molecule has 4 N–H and O–H groups in total. The summed E-state index contributed by atoms with van der Waals surface area (Å²) in [6.07, 6.45) is -4.87. The van der Waals surface area contributed by atoms with E-state index in [1.54, 1.807) is 0 Å². The van der Waals surface area contributed by atoms with Crippen molar-refractivity contribution in [2.75, 3.05) is 11.3 Å². The Balaban J connectivity index is 1.97. The highest BCUT2D eigenvalue weighted by atomic mass is 32.2. The Kier molecular flexibility index (Phi) is 8.56. The fraction of sp³-hybridized carbons (Fsp3) is 0.346. The normalized spacial score (nSPS) is 13.1. The Hall–Kier alpha value is -3.71. The second-order valence-corrected chi connectivity index (χ2v) is 11.5. The van der Waals surface area contributed by atoms with Crippen LogP contribution in [-0.4, -0.2) is 48.3 Å². The molecule has 0 saturated heterocycles. The number of aromatic carboxylic acids is 1. The number of aromatic nitrogens is 2. The van der Waals surface area contributed by atoms with Gasteiger partial charge in [0, 0.05) is 17.7 Å². The molecule has 0 radical (unpaired) electrons. The molecule has 0 aliphatic rings. The quantitative estimate of drug-likeness (QED) is 0.313. The minimum absolute atomic E-state index is 0.111. The first-order chi connectivity index (χ1) is 18.0. The zero-order chi connectivity index (χ0) is 29.2. The van der Waals surface area contributed by atoms with Gasteiger partial charge < -0.3 is 15.6 Å². The third-order valence-electron chi connectivity index (χ3n) is 6.04. The van der Waals surface area contributed by atoms with Crippen LogP contribution >= 0.6 is 0 Å². The predicted octanol–water partition coefficient (Wildman–Crippen LogP) is 4.94. The molecule has 1 atom stereocenters. The fourth-order valence-corrected chi connectivity index (χ4v) is 4.88. The van der Waals surface area contributed by atoms with Crippen molar-refractivity contribution in [1.82, 2.24) is 9.97 Å². The average Bonchev–Trinajstić information content (AvgIpc) is 2.81. The number of nitrogens with two attached hydrogens (primary N) is 1. The van der Waals surface area contributed by atoms with Gasteiger partial charge in [0.25, 0.3) is 10.0 Å². The van der Waals surface area contributed by atoms with Crippen LogP contribution in [0.25, 0.3) is 11.3 Å². The van der Waals surface area contributed by atoms with Crippen molar-refractivity contribution < 1.29 is 36.2 Å². The van der Waals surface area contributed by atoms with Crippen LogP contribution in [0.15, 0.2) is 53.4 Å². The van der Waals surface area contributed by atoms with Gasteiger partial charge in [-0.25, -0.2) is 22.9 Å². The maximum Gasteiger partial charge on any atom is 0.394 e. The molecule has 0 aliphatic carbocycles. The predicted molar refractivity (Wildman–Crippen MR) is 139 cm³/mol. The van der Waals surface area contributed by atoms with Crippen molar-refractivity contribution in [3.05, 3.63) is 65.2 Å². The number of benzene rings is 2. The number of nitrogens with zero attached hydrogens (tertiary/aromatic N) is 2. The lowest BCUT2D eigenvalue weighted by molar-refractivity contribution is -0.215. The van der Waals surface area contributed by atoms with Crippen LogP contribution in [0.4, 0.5) is 19.1 Å². The number of ether oxygens (including phenoxy) is 1. The standard InChI is InChI=1S/C26H29F3N4O5S/c1-15-7-5-8-16(2)22(15)20-12-21(38-14-18(30)13-25(3,4)26(27,28)29)32-24(31-20)33-39(36,37)19-10-6-9-17(11-19)23(34)35/h5-12,18H,13-14,30H2,1-4H3,(H,34,35)(H,31,32,33)/t18-/m1/s1. The molecular weight excluding hydrogens is 537 g/mol. The van der Waals surface area contributed by atoms with Gasteiger partial charge in [0.2, 0.25) is 11.8 Å². The van der Waals surface area contributed by atoms with Gasteiger partial charge in [-0.3, -0.25) is 0 Å². The van der Waals surface area contributed by atoms with E-state index >= 15 is 0 Å². The fourth-order valence-electron chi connectivity index (χ4n) is 3.89. The monoisotopic (exact) mass is 566 g/mol. The summed E-state index contributed by atoms with van der Waals surface area (Å²) in [5, 5.41) is 9.21. The lowest BCUT2D eigenvalue weighted by atomic mass is 9.85. The smallest absolute Gasteiger partial charge is 0.394 e. The van der Waals surface area contributed by atoms with Gasteiger partial charge in [0.05, 0.1) is 21.6 Å². The number of carboxylic acids is 1. The lowest BCUT2D eigenvalue weighted by Crippen LogP contribution is -2.40. The Bertz CT molecular complexity index is 1460. The average molecular weight is 567 g/mol. The number of alkyl halides is 3. The van der Waals surface area contributed by atoms with Crippen molar-refractivity contribution in [3.63, 3.8) is 0 Å². The van der Waals surface area contributed by atoms with Gasteiger partial charge in [-0.15, -0.1) is 0 Å². The number of aryl methyl sites for hydroxylation is 2. The van der Waals surface area contributed by atoms with E-state index in [2.05, 4.69) is 14.7 Å². The van der Waals surface area contributed by atoms with Gasteiger partial charge >= 0.3 is 12.1 Å². The Morgan fingerprint density at radius 3 is 2.28 bits per heavy atom. The molecule has 1 aromatic heterocycles. The molecule has 0 unspecified atom stereocenters. The van der Waals surface area contributed by atoms with Crippen molar-refractivity contribution in [3.8, 4) is 17.1 Å². The minimum atomic E-state index is -4.46. The number of carboxylic acid groups (broad SMARTS) is 1. The number of hydrogen-bond acceptors (Lipinski definition) is 7. The number of carbonyl (C=O) groups is 1. The summed E-state index contributed by atoms with van der Waals surface area (Å²) in [5.74, 6) is -1.80. The van der Waals surface area contributed by atoms with E-state index in [4.69, 9.17) is 10.5 Å². The summed E-state index contributed by atoms with van der Waals surface area (Å²) in [7, 11) is -4.32. The molecule has 0 amide bonds. The van der Waals surface area contributed by atoms with E-state index in [0.29, 0.717) is 11.3 Å². The van der Waals surface area contributed by atoms with Gasteiger partial charge in [-0.2, -0.15) is 18.2 Å². The molecule has 0 fully saturated rings. The Morgan fingerprint density at radius 1 is 1.08 bits per heavy atom. The second kappa shape index (κ2) is 11.2. The molecule has 13 heteroatoms. The van der Waals surface area contributed by atoms with Crippen LogP contribution in [0.2, 0.25) is 0 Å². The van der Waals surface area contributed by atoms with E-state index in [1.807, 2.05) is 32.0 Å². The number of hydrogen-bond donors (Lipinski definition) is 3. The first kappa shape index (κ1) is 29.8. The van der Waals surface area contributed by atoms with Crippen LogP contribution in [0.5, 0.6) is 5.88 Å². The minimum Gasteiger partial charge on any atom is -0.478 e. The molecule has 9 nitrogen and oxygen atoms in total. The highest BCUT2D eigenvalue weighted by Gasteiger charge is 2.47. The van der Waals surface area contributed by atoms with Gasteiger partial charge in [-0.1, -0.05) is 38.1 Å². The zero-order valence-corrected chi connectivity index (χ0v) is 22.5. The molecule has 0 saturated carbocycles. The summed E-state index contributed by atoms with van der Waals surface area (Å²) in [6, 6.07) is 10.7. The zero-order valence-electron chi connectivity index (χ0n) is 21.7. The third-order valence-corrected chi connectivity index (χ3v) is 7.37.